The summed E-state index contributed by atoms with van der Waals surface area (Å²) in [6.07, 6.45) is 1.65. The molecule has 6 nitrogen and oxygen atoms in total. The lowest BCUT2D eigenvalue weighted by Gasteiger charge is -2.16. The highest BCUT2D eigenvalue weighted by atomic mass is 16.5. The second-order valence-electron chi connectivity index (χ2n) is 6.56. The second kappa shape index (κ2) is 8.71. The molecular weight excluding hydrogens is 356 g/mol. The summed E-state index contributed by atoms with van der Waals surface area (Å²) in [6, 6.07) is 12.9. The van der Waals surface area contributed by atoms with E-state index in [4.69, 9.17) is 9.47 Å². The molecule has 0 aliphatic carbocycles. The van der Waals surface area contributed by atoms with Crippen molar-refractivity contribution in [3.05, 3.63) is 76.7 Å². The van der Waals surface area contributed by atoms with Gasteiger partial charge >= 0.3 is 0 Å². The van der Waals surface area contributed by atoms with Crippen LogP contribution in [0.3, 0.4) is 0 Å². The summed E-state index contributed by atoms with van der Waals surface area (Å²) in [7, 11) is 1.57. The first-order chi connectivity index (χ1) is 13.5. The van der Waals surface area contributed by atoms with Crippen molar-refractivity contribution in [2.45, 2.75) is 26.0 Å². The van der Waals surface area contributed by atoms with Crippen LogP contribution < -0.4 is 15.0 Å². The average Bonchev–Trinajstić information content (AvgIpc) is 2.71. The minimum atomic E-state index is -0.900. The van der Waals surface area contributed by atoms with E-state index < -0.39 is 6.10 Å². The minimum absolute atomic E-state index is 0.0111. The van der Waals surface area contributed by atoms with Crippen LogP contribution in [0.25, 0.3) is 10.8 Å². The number of benzene rings is 2. The molecule has 1 unspecified atom stereocenters. The lowest BCUT2D eigenvalue weighted by atomic mass is 10.1. The number of nitrogens with zero attached hydrogens (tertiary/aromatic N) is 2. The van der Waals surface area contributed by atoms with Crippen molar-refractivity contribution in [1.82, 2.24) is 9.78 Å². The molecule has 28 heavy (non-hydrogen) atoms. The molecule has 0 bridgehead atoms. The summed E-state index contributed by atoms with van der Waals surface area (Å²) < 4.78 is 12.4. The Balaban J connectivity index is 1.72. The van der Waals surface area contributed by atoms with Gasteiger partial charge in [0.15, 0.2) is 11.5 Å². The quantitative estimate of drug-likeness (QED) is 0.609. The average molecular weight is 380 g/mol. The van der Waals surface area contributed by atoms with E-state index in [2.05, 4.69) is 11.7 Å². The number of hydrogen-bond donors (Lipinski definition) is 1. The molecule has 6 heteroatoms. The summed E-state index contributed by atoms with van der Waals surface area (Å²) in [6.45, 7) is 5.62. The van der Waals surface area contributed by atoms with E-state index in [1.165, 1.54) is 4.68 Å². The van der Waals surface area contributed by atoms with Gasteiger partial charge in [0.1, 0.15) is 12.7 Å². The number of hydrogen-bond acceptors (Lipinski definition) is 5. The Morgan fingerprint density at radius 2 is 1.96 bits per heavy atom. The van der Waals surface area contributed by atoms with Crippen molar-refractivity contribution in [2.24, 2.45) is 0 Å². The molecule has 0 aliphatic rings. The molecule has 0 radical (unpaired) electrons. The number of aliphatic hydroxyl groups excluding tert-OH is 1. The molecule has 1 aromatic heterocycles. The third-order valence-electron chi connectivity index (χ3n) is 4.48. The predicted molar refractivity (Wildman–Crippen MR) is 109 cm³/mol. The third kappa shape index (κ3) is 4.23. The van der Waals surface area contributed by atoms with Gasteiger partial charge in [0, 0.05) is 5.39 Å². The molecule has 0 fully saturated rings. The summed E-state index contributed by atoms with van der Waals surface area (Å²) in [5.74, 6) is 1.12. The van der Waals surface area contributed by atoms with Crippen molar-refractivity contribution in [2.75, 3.05) is 13.7 Å². The van der Waals surface area contributed by atoms with E-state index in [9.17, 15) is 9.90 Å². The van der Waals surface area contributed by atoms with Crippen LogP contribution >= 0.6 is 0 Å². The first-order valence-electron chi connectivity index (χ1n) is 9.08. The maximum atomic E-state index is 12.6. The van der Waals surface area contributed by atoms with Gasteiger partial charge in [-0.3, -0.25) is 4.79 Å². The van der Waals surface area contributed by atoms with Gasteiger partial charge in [-0.1, -0.05) is 30.3 Å². The fraction of sp³-hybridized carbons (Fsp3) is 0.273. The van der Waals surface area contributed by atoms with Gasteiger partial charge < -0.3 is 14.6 Å². The smallest absolute Gasteiger partial charge is 0.274 e. The predicted octanol–water partition coefficient (Wildman–Crippen LogP) is 2.88. The standard InChI is InChI=1S/C22H24N2O4/c1-4-7-16-10-11-20(21(12-16)27-3)28-14-17(25)13-24-22(26)19-9-6-5-8-18(19)15(2)23-24/h4-6,8-12,17,25H,1,7,13-14H2,2-3H3. The van der Waals surface area contributed by atoms with Crippen LogP contribution in [-0.2, 0) is 13.0 Å². The Morgan fingerprint density at radius 1 is 1.21 bits per heavy atom. The molecule has 1 heterocycles. The van der Waals surface area contributed by atoms with Crippen LogP contribution in [0.15, 0.2) is 59.9 Å². The number of fused-ring (bicyclic) bond motifs is 1. The fourth-order valence-corrected chi connectivity index (χ4v) is 3.09. The SMILES string of the molecule is C=CCc1ccc(OCC(O)Cn2nc(C)c3ccccc3c2=O)c(OC)c1. The summed E-state index contributed by atoms with van der Waals surface area (Å²) >= 11 is 0. The van der Waals surface area contributed by atoms with Crippen molar-refractivity contribution >= 4 is 10.8 Å². The molecule has 0 saturated heterocycles. The van der Waals surface area contributed by atoms with Crippen molar-refractivity contribution in [3.63, 3.8) is 0 Å². The molecule has 0 amide bonds. The molecular formula is C22H24N2O4. The Kier molecular flexibility index (Phi) is 6.11. The lowest BCUT2D eigenvalue weighted by Crippen LogP contribution is -2.32. The summed E-state index contributed by atoms with van der Waals surface area (Å²) in [4.78, 5) is 12.6. The molecule has 0 aliphatic heterocycles. The van der Waals surface area contributed by atoms with Crippen LogP contribution in [-0.4, -0.2) is 34.7 Å². The summed E-state index contributed by atoms with van der Waals surface area (Å²) in [5.41, 5.74) is 1.57. The largest absolute Gasteiger partial charge is 0.493 e. The van der Waals surface area contributed by atoms with Gasteiger partial charge in [-0.25, -0.2) is 4.68 Å². The number of ether oxygens (including phenoxy) is 2. The Morgan fingerprint density at radius 3 is 2.68 bits per heavy atom. The molecule has 146 valence electrons. The van der Waals surface area contributed by atoms with Crippen molar-refractivity contribution < 1.29 is 14.6 Å². The number of allylic oxidation sites excluding steroid dienone is 1. The van der Waals surface area contributed by atoms with Gasteiger partial charge in [-0.05, 0) is 37.1 Å². The Bertz CT molecular complexity index is 1040. The Hall–Kier alpha value is -3.12. The van der Waals surface area contributed by atoms with Gasteiger partial charge in [0.25, 0.3) is 5.56 Å². The van der Waals surface area contributed by atoms with Gasteiger partial charge in [0.2, 0.25) is 0 Å². The molecule has 0 spiro atoms. The summed E-state index contributed by atoms with van der Waals surface area (Å²) in [5, 5.41) is 16.1. The lowest BCUT2D eigenvalue weighted by molar-refractivity contribution is 0.0866. The monoisotopic (exact) mass is 380 g/mol. The molecule has 0 saturated carbocycles. The highest BCUT2D eigenvalue weighted by Crippen LogP contribution is 2.28. The fourth-order valence-electron chi connectivity index (χ4n) is 3.09. The highest BCUT2D eigenvalue weighted by Gasteiger charge is 2.14. The van der Waals surface area contributed by atoms with E-state index >= 15 is 0 Å². The minimum Gasteiger partial charge on any atom is -0.493 e. The van der Waals surface area contributed by atoms with E-state index in [-0.39, 0.29) is 18.7 Å². The van der Waals surface area contributed by atoms with Crippen LogP contribution in [0.1, 0.15) is 11.3 Å². The first-order valence-corrected chi connectivity index (χ1v) is 9.08. The number of aryl methyl sites for hydroxylation is 1. The molecule has 2 aromatic carbocycles. The third-order valence-corrected chi connectivity index (χ3v) is 4.48. The molecule has 3 rings (SSSR count). The maximum absolute atomic E-state index is 12.6. The van der Waals surface area contributed by atoms with E-state index in [1.54, 1.807) is 19.2 Å². The number of methoxy groups -OCH3 is 1. The van der Waals surface area contributed by atoms with Crippen LogP contribution in [0.4, 0.5) is 0 Å². The van der Waals surface area contributed by atoms with Gasteiger partial charge in [-0.15, -0.1) is 6.58 Å². The van der Waals surface area contributed by atoms with Crippen LogP contribution in [0.2, 0.25) is 0 Å². The van der Waals surface area contributed by atoms with Crippen LogP contribution in [0.5, 0.6) is 11.5 Å². The second-order valence-corrected chi connectivity index (χ2v) is 6.56. The first kappa shape index (κ1) is 19.6. The number of aliphatic hydroxyl groups is 1. The Labute approximate surface area is 163 Å². The maximum Gasteiger partial charge on any atom is 0.274 e. The molecule has 1 N–H and O–H groups in total. The molecule has 3 aromatic rings. The van der Waals surface area contributed by atoms with Crippen molar-refractivity contribution in [1.29, 1.82) is 0 Å². The van der Waals surface area contributed by atoms with Crippen LogP contribution in [0, 0.1) is 6.92 Å². The van der Waals surface area contributed by atoms with E-state index in [0.29, 0.717) is 16.9 Å². The zero-order valence-corrected chi connectivity index (χ0v) is 16.1. The zero-order chi connectivity index (χ0) is 20.1. The van der Waals surface area contributed by atoms with E-state index in [1.807, 2.05) is 43.3 Å². The van der Waals surface area contributed by atoms with Gasteiger partial charge in [0.05, 0.1) is 24.7 Å². The topological polar surface area (TPSA) is 73.6 Å². The normalized spacial score (nSPS) is 12.0. The number of aromatic nitrogens is 2. The highest BCUT2D eigenvalue weighted by molar-refractivity contribution is 5.83. The zero-order valence-electron chi connectivity index (χ0n) is 16.1. The van der Waals surface area contributed by atoms with Gasteiger partial charge in [-0.2, -0.15) is 5.10 Å². The van der Waals surface area contributed by atoms with E-state index in [0.717, 1.165) is 23.1 Å². The molecule has 1 atom stereocenters. The van der Waals surface area contributed by atoms with Crippen molar-refractivity contribution in [3.8, 4) is 11.5 Å². The number of rotatable bonds is 8.